The third kappa shape index (κ3) is 5.17. The predicted octanol–water partition coefficient (Wildman–Crippen LogP) is 2.89. The minimum Gasteiger partial charge on any atom is -0.388 e. The summed E-state index contributed by atoms with van der Waals surface area (Å²) in [7, 11) is 0. The van der Waals surface area contributed by atoms with E-state index in [4.69, 9.17) is 0 Å². The second kappa shape index (κ2) is 6.64. The van der Waals surface area contributed by atoms with Crippen molar-refractivity contribution in [2.24, 2.45) is 0 Å². The molecule has 1 rings (SSSR count). The Balaban J connectivity index is 2.41. The molecule has 3 nitrogen and oxygen atoms in total. The summed E-state index contributed by atoms with van der Waals surface area (Å²) in [6, 6.07) is 8.29. The molecule has 0 bridgehead atoms. The zero-order valence-corrected chi connectivity index (χ0v) is 13.8. The van der Waals surface area contributed by atoms with Gasteiger partial charge in [0, 0.05) is 5.75 Å². The van der Waals surface area contributed by atoms with Crippen molar-refractivity contribution in [3.8, 4) is 0 Å². The van der Waals surface area contributed by atoms with Crippen LogP contribution in [0.5, 0.6) is 0 Å². The van der Waals surface area contributed by atoms with Gasteiger partial charge in [-0.2, -0.15) is 0 Å². The van der Waals surface area contributed by atoms with Gasteiger partial charge in [-0.05, 0) is 40.2 Å². The largest absolute Gasteiger partial charge is 0.388 e. The van der Waals surface area contributed by atoms with Crippen LogP contribution in [0.25, 0.3) is 0 Å². The number of benzene rings is 1. The van der Waals surface area contributed by atoms with Crippen LogP contribution >= 0.6 is 11.8 Å². The van der Waals surface area contributed by atoms with Crippen LogP contribution in [-0.4, -0.2) is 27.9 Å². The van der Waals surface area contributed by atoms with Crippen LogP contribution in [0.4, 0.5) is 0 Å². The first-order valence-corrected chi connectivity index (χ1v) is 7.94. The smallest absolute Gasteiger partial charge is 0.230 e. The van der Waals surface area contributed by atoms with Crippen molar-refractivity contribution >= 4 is 17.7 Å². The number of hydrogen-bond donors (Lipinski definition) is 2. The van der Waals surface area contributed by atoms with Crippen LogP contribution in [0.1, 0.15) is 38.8 Å². The summed E-state index contributed by atoms with van der Waals surface area (Å²) >= 11 is 1.58. The van der Waals surface area contributed by atoms with Crippen molar-refractivity contribution in [1.29, 1.82) is 0 Å². The standard InChI is InChI=1S/C16H25NO2S/c1-12-7-6-8-13(9-12)10-20-11-14(18)17-15(2,3)16(4,5)19/h6-9,19H,10-11H2,1-5H3,(H,17,18). The van der Waals surface area contributed by atoms with Crippen molar-refractivity contribution in [2.75, 3.05) is 5.75 Å². The maximum Gasteiger partial charge on any atom is 0.230 e. The first-order chi connectivity index (χ1) is 9.12. The van der Waals surface area contributed by atoms with Gasteiger partial charge in [-0.25, -0.2) is 0 Å². The van der Waals surface area contributed by atoms with E-state index in [1.165, 1.54) is 11.1 Å². The van der Waals surface area contributed by atoms with Gasteiger partial charge in [-0.1, -0.05) is 29.8 Å². The number of nitrogens with one attached hydrogen (secondary N) is 1. The molecule has 0 atom stereocenters. The van der Waals surface area contributed by atoms with Crippen LogP contribution in [0.2, 0.25) is 0 Å². The fourth-order valence-electron chi connectivity index (χ4n) is 1.60. The summed E-state index contributed by atoms with van der Waals surface area (Å²) in [4.78, 5) is 11.9. The molecule has 1 aromatic carbocycles. The number of carbonyl (C=O) groups is 1. The number of amides is 1. The molecule has 0 saturated carbocycles. The highest BCUT2D eigenvalue weighted by Crippen LogP contribution is 2.21. The van der Waals surface area contributed by atoms with Gasteiger partial charge in [0.25, 0.3) is 0 Å². The Morgan fingerprint density at radius 2 is 1.95 bits per heavy atom. The molecular formula is C16H25NO2S. The Kier molecular flexibility index (Phi) is 5.66. The number of thioether (sulfide) groups is 1. The average molecular weight is 295 g/mol. The molecule has 0 spiro atoms. The van der Waals surface area contributed by atoms with Crippen LogP contribution < -0.4 is 5.32 Å². The lowest BCUT2D eigenvalue weighted by Crippen LogP contribution is -2.58. The van der Waals surface area contributed by atoms with Crippen molar-refractivity contribution < 1.29 is 9.90 Å². The maximum atomic E-state index is 11.9. The Morgan fingerprint density at radius 1 is 1.30 bits per heavy atom. The van der Waals surface area contributed by atoms with Crippen molar-refractivity contribution in [3.05, 3.63) is 35.4 Å². The molecule has 2 N–H and O–H groups in total. The molecule has 112 valence electrons. The van der Waals surface area contributed by atoms with Crippen molar-refractivity contribution in [3.63, 3.8) is 0 Å². The van der Waals surface area contributed by atoms with E-state index >= 15 is 0 Å². The average Bonchev–Trinajstić information content (AvgIpc) is 2.26. The summed E-state index contributed by atoms with van der Waals surface area (Å²) < 4.78 is 0. The Bertz CT molecular complexity index is 464. The normalized spacial score (nSPS) is 12.3. The molecule has 20 heavy (non-hydrogen) atoms. The first-order valence-electron chi connectivity index (χ1n) is 6.78. The predicted molar refractivity (Wildman–Crippen MR) is 85.9 cm³/mol. The van der Waals surface area contributed by atoms with Crippen LogP contribution in [0.3, 0.4) is 0 Å². The molecule has 0 aliphatic heterocycles. The third-order valence-electron chi connectivity index (χ3n) is 3.57. The number of aliphatic hydroxyl groups is 1. The molecule has 0 radical (unpaired) electrons. The topological polar surface area (TPSA) is 49.3 Å². The van der Waals surface area contributed by atoms with Gasteiger partial charge in [-0.3, -0.25) is 4.79 Å². The Morgan fingerprint density at radius 3 is 2.50 bits per heavy atom. The van der Waals surface area contributed by atoms with E-state index in [1.807, 2.05) is 19.9 Å². The van der Waals surface area contributed by atoms with E-state index in [0.29, 0.717) is 5.75 Å². The van der Waals surface area contributed by atoms with E-state index in [9.17, 15) is 9.90 Å². The fraction of sp³-hybridized carbons (Fsp3) is 0.562. The highest BCUT2D eigenvalue weighted by molar-refractivity contribution is 7.99. The summed E-state index contributed by atoms with van der Waals surface area (Å²) in [5.74, 6) is 1.17. The minimum atomic E-state index is -0.954. The summed E-state index contributed by atoms with van der Waals surface area (Å²) in [5.41, 5.74) is 0.859. The van der Waals surface area contributed by atoms with E-state index in [1.54, 1.807) is 25.6 Å². The number of hydrogen-bond acceptors (Lipinski definition) is 3. The van der Waals surface area contributed by atoms with Gasteiger partial charge < -0.3 is 10.4 Å². The van der Waals surface area contributed by atoms with Crippen LogP contribution in [0, 0.1) is 6.92 Å². The fourth-order valence-corrected chi connectivity index (χ4v) is 2.38. The van der Waals surface area contributed by atoms with Crippen LogP contribution in [-0.2, 0) is 10.5 Å². The van der Waals surface area contributed by atoms with E-state index in [2.05, 4.69) is 30.4 Å². The minimum absolute atomic E-state index is 0.0465. The Labute approximate surface area is 126 Å². The lowest BCUT2D eigenvalue weighted by atomic mass is 9.86. The lowest BCUT2D eigenvalue weighted by Gasteiger charge is -2.38. The molecule has 0 aromatic heterocycles. The number of rotatable bonds is 6. The molecule has 1 aromatic rings. The summed E-state index contributed by atoms with van der Waals surface area (Å²) in [6.07, 6.45) is 0. The third-order valence-corrected chi connectivity index (χ3v) is 4.57. The number of carbonyl (C=O) groups excluding carboxylic acids is 1. The lowest BCUT2D eigenvalue weighted by molar-refractivity contribution is -0.123. The van der Waals surface area contributed by atoms with Crippen molar-refractivity contribution in [2.45, 2.75) is 51.5 Å². The molecule has 0 aliphatic rings. The van der Waals surface area contributed by atoms with Gasteiger partial charge in [0.1, 0.15) is 0 Å². The monoisotopic (exact) mass is 295 g/mol. The highest BCUT2D eigenvalue weighted by Gasteiger charge is 2.36. The molecule has 0 heterocycles. The van der Waals surface area contributed by atoms with E-state index in [-0.39, 0.29) is 5.91 Å². The second-order valence-corrected chi connectivity index (χ2v) is 7.20. The molecule has 0 saturated heterocycles. The van der Waals surface area contributed by atoms with E-state index in [0.717, 1.165) is 5.75 Å². The molecule has 0 fully saturated rings. The van der Waals surface area contributed by atoms with Gasteiger partial charge in [0.05, 0.1) is 16.9 Å². The van der Waals surface area contributed by atoms with Gasteiger partial charge in [0.15, 0.2) is 0 Å². The SMILES string of the molecule is Cc1cccc(CSCC(=O)NC(C)(C)C(C)(C)O)c1. The quantitative estimate of drug-likeness (QED) is 0.848. The molecule has 4 heteroatoms. The maximum absolute atomic E-state index is 11.9. The van der Waals surface area contributed by atoms with Gasteiger partial charge >= 0.3 is 0 Å². The second-order valence-electron chi connectivity index (χ2n) is 6.21. The zero-order valence-electron chi connectivity index (χ0n) is 13.0. The molecule has 0 aliphatic carbocycles. The highest BCUT2D eigenvalue weighted by atomic mass is 32.2. The zero-order chi connectivity index (χ0) is 15.4. The van der Waals surface area contributed by atoms with E-state index < -0.39 is 11.1 Å². The molecule has 1 amide bonds. The molecule has 0 unspecified atom stereocenters. The van der Waals surface area contributed by atoms with Gasteiger partial charge in [0.2, 0.25) is 5.91 Å². The number of aryl methyl sites for hydroxylation is 1. The molecular weight excluding hydrogens is 270 g/mol. The van der Waals surface area contributed by atoms with Crippen LogP contribution in [0.15, 0.2) is 24.3 Å². The van der Waals surface area contributed by atoms with Gasteiger partial charge in [-0.15, -0.1) is 11.8 Å². The van der Waals surface area contributed by atoms with Crippen molar-refractivity contribution in [1.82, 2.24) is 5.32 Å². The summed E-state index contributed by atoms with van der Waals surface area (Å²) in [5, 5.41) is 12.9. The Hall–Kier alpha value is -1.00. The first kappa shape index (κ1) is 17.1. The summed E-state index contributed by atoms with van der Waals surface area (Å²) in [6.45, 7) is 9.12.